The molecule has 0 unspecified atom stereocenters. The van der Waals surface area contributed by atoms with Crippen LogP contribution in [-0.2, 0) is 73.5 Å². The molecule has 0 nitrogen and oxygen atoms in total. The van der Waals surface area contributed by atoms with Crippen molar-refractivity contribution in [3.05, 3.63) is 206 Å². The quantitative estimate of drug-likeness (QED) is 0.156. The van der Waals surface area contributed by atoms with Gasteiger partial charge in [-0.3, -0.25) is 0 Å². The second kappa shape index (κ2) is 17.6. The van der Waals surface area contributed by atoms with Crippen LogP contribution in [0, 0.1) is 0 Å². The van der Waals surface area contributed by atoms with Gasteiger partial charge in [-0.05, 0) is 0 Å². The van der Waals surface area contributed by atoms with Gasteiger partial charge in [-0.15, -0.1) is 0 Å². The summed E-state index contributed by atoms with van der Waals surface area (Å²) in [5, 5.41) is 0. The van der Waals surface area contributed by atoms with E-state index in [-0.39, 0.29) is 76.8 Å². The Hall–Kier alpha value is -3.92. The fraction of sp³-hybridized carbons (Fsp3) is 0.591. The molecular weight excluding hydrogens is 1160 g/mol. The van der Waals surface area contributed by atoms with Gasteiger partial charge in [0.15, 0.2) is 0 Å². The predicted molar refractivity (Wildman–Crippen MR) is 385 cm³/mol. The molecule has 472 valence electrons. The van der Waals surface area contributed by atoms with Gasteiger partial charge in [-0.25, -0.2) is 0 Å². The van der Waals surface area contributed by atoms with Gasteiger partial charge >= 0.3 is 558 Å². The summed E-state index contributed by atoms with van der Waals surface area (Å²) in [6.07, 6.45) is 14.3. The number of fused-ring (bicyclic) bond motifs is 6. The normalized spacial score (nSPS) is 29.6. The Morgan fingerprint density at radius 2 is 0.311 bits per heavy atom. The van der Waals surface area contributed by atoms with E-state index in [0.29, 0.717) is 0 Å². The fourth-order valence-electron chi connectivity index (χ4n) is 22.1. The maximum atomic E-state index is 9.01. The van der Waals surface area contributed by atoms with Crippen LogP contribution in [0.5, 0.6) is 0 Å². The summed E-state index contributed by atoms with van der Waals surface area (Å²) in [6, 6.07) is 34.9. The summed E-state index contributed by atoms with van der Waals surface area (Å²) in [7, 11) is 9.01. The zero-order valence-electron chi connectivity index (χ0n) is 60.5. The molecule has 6 aromatic rings. The molecule has 0 aromatic heterocycles. The summed E-state index contributed by atoms with van der Waals surface area (Å²) in [6.45, 7) is 62.2. The molecule has 6 aromatic carbocycles. The molecule has 18 rings (SSSR count). The monoisotopic (exact) mass is 1270 g/mol. The summed E-state index contributed by atoms with van der Waals surface area (Å²) in [4.78, 5) is 0. The van der Waals surface area contributed by atoms with E-state index in [0.717, 1.165) is 0 Å². The number of benzene rings is 6. The van der Waals surface area contributed by atoms with Crippen LogP contribution in [-0.4, -0.2) is 12.7 Å². The third-order valence-corrected chi connectivity index (χ3v) is 38.5. The Kier molecular flexibility index (Phi) is 11.9. The minimum absolute atomic E-state index is 0.00804. The van der Waals surface area contributed by atoms with E-state index in [4.69, 9.17) is 10.5 Å². The Morgan fingerprint density at radius 3 is 0.433 bits per heavy atom. The molecule has 0 radical (unpaired) electrons. The average Bonchev–Trinajstić information content (AvgIpc) is 0.640. The molecule has 90 heavy (non-hydrogen) atoms. The molecule has 12 aliphatic carbocycles. The molecule has 0 saturated carbocycles. The fourth-order valence-corrected chi connectivity index (χ4v) is 32.5. The summed E-state index contributed by atoms with van der Waals surface area (Å²) in [5.41, 5.74) is 38.6. The van der Waals surface area contributed by atoms with Crippen LogP contribution in [0.4, 0.5) is 0 Å². The van der Waals surface area contributed by atoms with E-state index in [1.807, 2.05) is 0 Å². The van der Waals surface area contributed by atoms with Crippen LogP contribution >= 0.6 is 10.5 Å². The Balaban J connectivity index is 1.17. The summed E-state index contributed by atoms with van der Waals surface area (Å²) >= 11 is -3.62. The zero-order chi connectivity index (χ0) is 64.6. The summed E-state index contributed by atoms with van der Waals surface area (Å²) in [5.74, 6) is 0.228. The van der Waals surface area contributed by atoms with Crippen LogP contribution in [0.25, 0.3) is 0 Å². The van der Waals surface area contributed by atoms with E-state index in [2.05, 4.69) is 239 Å². The standard InChI is InChI=1S/C88H110GeS/c1-75(2)25-31-81(13,14)67-43-55-49(37-61(67)75)73-50-38-62-68(82(15,16)32-26-76(62,3)4)44-56(50)87(55,57-45-69-63(39-51(57)73)77(5,6)27-33-83(69,17)18)89(90)88-58-46-70-64(78(7,8)28-34-84(70,19)20)40-52(58)74(53-41-65-71(47-59(53)88)85(21,22)35-29-79(65,9)10)54-42-66-72(48-60(54)88)86(23,24)36-30-80(66,11)12/h37-48,73-74H,25-36H2,1-24H3. The van der Waals surface area contributed by atoms with Crippen LogP contribution in [0.15, 0.2) is 72.8 Å². The van der Waals surface area contributed by atoms with Gasteiger partial charge in [0, 0.05) is 0 Å². The Morgan fingerprint density at radius 1 is 0.200 bits per heavy atom. The van der Waals surface area contributed by atoms with Gasteiger partial charge in [-0.2, -0.15) is 0 Å². The molecule has 0 fully saturated rings. The van der Waals surface area contributed by atoms with Crippen molar-refractivity contribution >= 4 is 23.2 Å². The first-order chi connectivity index (χ1) is 41.4. The molecule has 0 saturated heterocycles. The van der Waals surface area contributed by atoms with Crippen molar-refractivity contribution in [1.82, 2.24) is 0 Å². The van der Waals surface area contributed by atoms with E-state index in [1.165, 1.54) is 77.0 Å². The summed E-state index contributed by atoms with van der Waals surface area (Å²) < 4.78 is -1.18. The minimum atomic E-state index is -3.62. The van der Waals surface area contributed by atoms with Crippen LogP contribution < -0.4 is 0 Å². The van der Waals surface area contributed by atoms with Gasteiger partial charge in [-0.1, -0.05) is 0 Å². The first-order valence-corrected chi connectivity index (χ1v) is 41.2. The van der Waals surface area contributed by atoms with Gasteiger partial charge < -0.3 is 0 Å². The molecule has 0 N–H and O–H groups in total. The van der Waals surface area contributed by atoms with Crippen LogP contribution in [0.3, 0.4) is 0 Å². The maximum absolute atomic E-state index is 9.01. The number of rotatable bonds is 2. The van der Waals surface area contributed by atoms with Crippen molar-refractivity contribution in [1.29, 1.82) is 0 Å². The molecule has 2 heteroatoms. The van der Waals surface area contributed by atoms with Crippen molar-refractivity contribution in [2.24, 2.45) is 0 Å². The van der Waals surface area contributed by atoms with Crippen molar-refractivity contribution in [3.8, 4) is 0 Å². The predicted octanol–water partition coefficient (Wildman–Crippen LogP) is 23.0. The van der Waals surface area contributed by atoms with E-state index in [1.54, 1.807) is 134 Å². The van der Waals surface area contributed by atoms with Crippen molar-refractivity contribution < 1.29 is 0 Å². The molecule has 0 spiro atoms. The van der Waals surface area contributed by atoms with Gasteiger partial charge in [0.1, 0.15) is 0 Å². The van der Waals surface area contributed by atoms with Crippen molar-refractivity contribution in [2.45, 2.75) is 329 Å². The third-order valence-electron chi connectivity index (χ3n) is 29.1. The molecule has 0 aliphatic heterocycles. The zero-order valence-corrected chi connectivity index (χ0v) is 63.4. The molecule has 4 bridgehead atoms. The van der Waals surface area contributed by atoms with E-state index < -0.39 is 21.2 Å². The number of hydrogen-bond donors (Lipinski definition) is 0. The van der Waals surface area contributed by atoms with E-state index in [9.17, 15) is 0 Å². The first-order valence-electron chi connectivity index (χ1n) is 36.1. The topological polar surface area (TPSA) is 0 Å². The molecular formula is C88H110GeS. The van der Waals surface area contributed by atoms with Crippen molar-refractivity contribution in [2.75, 3.05) is 0 Å². The Labute approximate surface area is 554 Å². The van der Waals surface area contributed by atoms with Gasteiger partial charge in [0.25, 0.3) is 0 Å². The van der Waals surface area contributed by atoms with E-state index >= 15 is 0 Å². The first kappa shape index (κ1) is 61.0. The molecule has 12 aliphatic rings. The second-order valence-electron chi connectivity index (χ2n) is 40.2. The average molecular weight is 1270 g/mol. The van der Waals surface area contributed by atoms with Crippen LogP contribution in [0.1, 0.15) is 389 Å². The van der Waals surface area contributed by atoms with Gasteiger partial charge in [0.2, 0.25) is 0 Å². The Bertz CT molecular complexity index is 3600. The molecule has 0 atom stereocenters. The molecule has 0 heterocycles. The van der Waals surface area contributed by atoms with Crippen LogP contribution in [0.2, 0.25) is 0 Å². The SMILES string of the molecule is CC1(C)CCC(C)(C)c2cc3c(cc21)C1c2cc4c(cc2[C]3([Ge](=[S])[C]23c5cc6c(cc5C(c5cc7c(cc52)C(C)(C)CCC7(C)C)c2cc5c(cc23)C(C)(C)CCC5(C)C)C(C)(C)CCC6(C)C)c2cc3c(cc21)C(C)(C)CCC3(C)C)C(C)(C)CCC4(C)C. The second-order valence-corrected chi connectivity index (χ2v) is 46.9. The third kappa shape index (κ3) is 7.51. The molecule has 0 amide bonds. The van der Waals surface area contributed by atoms with Gasteiger partial charge in [0.05, 0.1) is 0 Å². The van der Waals surface area contributed by atoms with Crippen molar-refractivity contribution in [3.63, 3.8) is 0 Å². The number of hydrogen-bond acceptors (Lipinski definition) is 1.